The van der Waals surface area contributed by atoms with Gasteiger partial charge in [0, 0.05) is 10.6 Å². The summed E-state index contributed by atoms with van der Waals surface area (Å²) >= 11 is 6.65. The topological polar surface area (TPSA) is 72.9 Å². The molecule has 0 atom stereocenters. The summed E-state index contributed by atoms with van der Waals surface area (Å²) in [5, 5.41) is 0.0215. The normalized spacial score (nSPS) is 15.0. The van der Waals surface area contributed by atoms with Crippen molar-refractivity contribution < 1.29 is 23.9 Å². The second-order valence-electron chi connectivity index (χ2n) is 7.54. The Hall–Kier alpha value is -2.77. The van der Waals surface area contributed by atoms with E-state index < -0.39 is 11.1 Å². The van der Waals surface area contributed by atoms with E-state index in [9.17, 15) is 14.4 Å². The molecule has 0 aromatic heterocycles. The number of halogens is 1. The molecule has 32 heavy (non-hydrogen) atoms. The van der Waals surface area contributed by atoms with Crippen LogP contribution >= 0.6 is 23.4 Å². The van der Waals surface area contributed by atoms with Gasteiger partial charge >= 0.3 is 0 Å². The average molecular weight is 474 g/mol. The number of thioether (sulfide) groups is 1. The maximum Gasteiger partial charge on any atom is 0.293 e. The van der Waals surface area contributed by atoms with E-state index in [4.69, 9.17) is 21.1 Å². The van der Waals surface area contributed by atoms with Crippen molar-refractivity contribution in [1.82, 2.24) is 4.90 Å². The van der Waals surface area contributed by atoms with Crippen molar-refractivity contribution in [2.45, 2.75) is 20.8 Å². The van der Waals surface area contributed by atoms with Crippen molar-refractivity contribution in [1.29, 1.82) is 0 Å². The first-order valence-electron chi connectivity index (χ1n) is 10.2. The first kappa shape index (κ1) is 23.9. The van der Waals surface area contributed by atoms with E-state index in [0.717, 1.165) is 16.7 Å². The maximum absolute atomic E-state index is 12.8. The number of ketones is 1. The smallest absolute Gasteiger partial charge is 0.293 e. The van der Waals surface area contributed by atoms with Crippen LogP contribution in [-0.2, 0) is 4.79 Å². The number of amides is 2. The molecule has 6 nitrogen and oxygen atoms in total. The molecular weight excluding hydrogens is 450 g/mol. The second kappa shape index (κ2) is 10.7. The van der Waals surface area contributed by atoms with E-state index in [1.807, 2.05) is 6.92 Å². The van der Waals surface area contributed by atoms with Crippen LogP contribution in [0.3, 0.4) is 0 Å². The number of hydrogen-bond acceptors (Lipinski definition) is 6. The highest BCUT2D eigenvalue weighted by atomic mass is 35.5. The summed E-state index contributed by atoms with van der Waals surface area (Å²) in [4.78, 5) is 38.9. The van der Waals surface area contributed by atoms with E-state index in [-0.39, 0.29) is 17.2 Å². The Balaban J connectivity index is 1.76. The number of carbonyl (C=O) groups excluding carboxylic acids is 3. The first-order valence-corrected chi connectivity index (χ1v) is 11.4. The molecule has 0 bridgehead atoms. The summed E-state index contributed by atoms with van der Waals surface area (Å²) in [7, 11) is 0. The molecule has 2 amide bonds. The molecule has 1 saturated heterocycles. The van der Waals surface area contributed by atoms with Crippen LogP contribution < -0.4 is 9.47 Å². The molecule has 8 heteroatoms. The Morgan fingerprint density at radius 3 is 2.47 bits per heavy atom. The van der Waals surface area contributed by atoms with Gasteiger partial charge in [0.15, 0.2) is 17.3 Å². The molecule has 3 rings (SSSR count). The number of hydrogen-bond donors (Lipinski definition) is 0. The Morgan fingerprint density at radius 2 is 1.81 bits per heavy atom. The monoisotopic (exact) mass is 473 g/mol. The Labute approximate surface area is 196 Å². The molecule has 1 aliphatic heterocycles. The quantitative estimate of drug-likeness (QED) is 0.344. The van der Waals surface area contributed by atoms with Crippen LogP contribution in [0.2, 0.25) is 5.02 Å². The van der Waals surface area contributed by atoms with Gasteiger partial charge in [-0.1, -0.05) is 31.5 Å². The molecule has 2 aromatic carbocycles. The van der Waals surface area contributed by atoms with Crippen LogP contribution in [0.1, 0.15) is 36.7 Å². The lowest BCUT2D eigenvalue weighted by molar-refractivity contribution is -0.122. The lowest BCUT2D eigenvalue weighted by atomic mass is 10.1. The number of carbonyl (C=O) groups is 3. The highest BCUT2D eigenvalue weighted by Gasteiger charge is 2.36. The predicted octanol–water partition coefficient (Wildman–Crippen LogP) is 5.69. The van der Waals surface area contributed by atoms with Crippen LogP contribution in [0, 0.1) is 5.92 Å². The van der Waals surface area contributed by atoms with E-state index in [0.29, 0.717) is 46.8 Å². The molecule has 0 unspecified atom stereocenters. The third-order valence-electron chi connectivity index (χ3n) is 4.48. The second-order valence-corrected chi connectivity index (χ2v) is 8.97. The van der Waals surface area contributed by atoms with Crippen molar-refractivity contribution in [2.75, 3.05) is 19.8 Å². The summed E-state index contributed by atoms with van der Waals surface area (Å²) in [6.07, 6.45) is 1.62. The third kappa shape index (κ3) is 5.93. The van der Waals surface area contributed by atoms with Gasteiger partial charge in [-0.3, -0.25) is 19.3 Å². The van der Waals surface area contributed by atoms with Crippen LogP contribution in [0.25, 0.3) is 6.08 Å². The number of imide groups is 1. The highest BCUT2D eigenvalue weighted by Crippen LogP contribution is 2.35. The largest absolute Gasteiger partial charge is 0.490 e. The Morgan fingerprint density at radius 1 is 1.09 bits per heavy atom. The zero-order chi connectivity index (χ0) is 23.3. The molecule has 1 fully saturated rings. The van der Waals surface area contributed by atoms with Gasteiger partial charge in [0.1, 0.15) is 0 Å². The van der Waals surface area contributed by atoms with Crippen LogP contribution in [-0.4, -0.2) is 41.6 Å². The lowest BCUT2D eigenvalue weighted by Gasteiger charge is -2.14. The first-order chi connectivity index (χ1) is 15.3. The molecule has 0 aliphatic carbocycles. The van der Waals surface area contributed by atoms with Crippen LogP contribution in [0.4, 0.5) is 4.79 Å². The van der Waals surface area contributed by atoms with Gasteiger partial charge in [0.05, 0.1) is 24.7 Å². The summed E-state index contributed by atoms with van der Waals surface area (Å²) in [5.41, 5.74) is 1.08. The Kier molecular flexibility index (Phi) is 7.99. The van der Waals surface area contributed by atoms with E-state index in [1.54, 1.807) is 48.5 Å². The summed E-state index contributed by atoms with van der Waals surface area (Å²) < 4.78 is 11.5. The van der Waals surface area contributed by atoms with E-state index in [1.165, 1.54) is 0 Å². The van der Waals surface area contributed by atoms with Crippen molar-refractivity contribution in [2.24, 2.45) is 5.92 Å². The van der Waals surface area contributed by atoms with Gasteiger partial charge in [-0.2, -0.15) is 0 Å². The number of benzene rings is 2. The van der Waals surface area contributed by atoms with Gasteiger partial charge in [-0.25, -0.2) is 0 Å². The molecule has 0 saturated carbocycles. The minimum absolute atomic E-state index is 0.247. The van der Waals surface area contributed by atoms with E-state index >= 15 is 0 Å². The lowest BCUT2D eigenvalue weighted by Crippen LogP contribution is -2.33. The zero-order valence-corrected chi connectivity index (χ0v) is 19.7. The van der Waals surface area contributed by atoms with E-state index in [2.05, 4.69) is 13.8 Å². The standard InChI is InChI=1S/C24H24ClNO5S/c1-4-30-21-11-16(5-10-20(21)31-14-15(2)3)12-22-23(28)26(24(29)32-22)13-19(27)17-6-8-18(25)9-7-17/h5-12,15H,4,13-14H2,1-3H3/b22-12-. The molecule has 1 aliphatic rings. The minimum atomic E-state index is -0.500. The minimum Gasteiger partial charge on any atom is -0.490 e. The van der Waals surface area contributed by atoms with Gasteiger partial charge in [-0.15, -0.1) is 0 Å². The number of ether oxygens (including phenoxy) is 2. The van der Waals surface area contributed by atoms with Gasteiger partial charge < -0.3 is 9.47 Å². The molecule has 168 valence electrons. The van der Waals surface area contributed by atoms with Crippen molar-refractivity contribution >= 4 is 46.4 Å². The van der Waals surface area contributed by atoms with Crippen molar-refractivity contribution in [3.05, 3.63) is 63.5 Å². The van der Waals surface area contributed by atoms with Crippen LogP contribution in [0.15, 0.2) is 47.4 Å². The van der Waals surface area contributed by atoms with Gasteiger partial charge in [0.2, 0.25) is 0 Å². The maximum atomic E-state index is 12.8. The fourth-order valence-corrected chi connectivity index (χ4v) is 3.88. The third-order valence-corrected chi connectivity index (χ3v) is 5.64. The predicted molar refractivity (Wildman–Crippen MR) is 126 cm³/mol. The Bertz CT molecular complexity index is 1050. The van der Waals surface area contributed by atoms with Crippen LogP contribution in [0.5, 0.6) is 11.5 Å². The molecule has 0 spiro atoms. The number of Topliss-reactive ketones (excluding diaryl/α,β-unsaturated/α-hetero) is 1. The van der Waals surface area contributed by atoms with Gasteiger partial charge in [0.25, 0.3) is 11.1 Å². The zero-order valence-electron chi connectivity index (χ0n) is 18.1. The van der Waals surface area contributed by atoms with Crippen molar-refractivity contribution in [3.8, 4) is 11.5 Å². The molecular formula is C24H24ClNO5S. The molecule has 0 radical (unpaired) electrons. The average Bonchev–Trinajstić information content (AvgIpc) is 3.01. The SMILES string of the molecule is CCOc1cc(/C=C2\SC(=O)N(CC(=O)c3ccc(Cl)cc3)C2=O)ccc1OCC(C)C. The molecule has 0 N–H and O–H groups in total. The fourth-order valence-electron chi connectivity index (χ4n) is 2.92. The highest BCUT2D eigenvalue weighted by molar-refractivity contribution is 8.18. The molecule has 1 heterocycles. The fraction of sp³-hybridized carbons (Fsp3) is 0.292. The summed E-state index contributed by atoms with van der Waals surface area (Å²) in [6, 6.07) is 11.7. The van der Waals surface area contributed by atoms with Crippen molar-refractivity contribution in [3.63, 3.8) is 0 Å². The number of nitrogens with zero attached hydrogens (tertiary/aromatic N) is 1. The summed E-state index contributed by atoms with van der Waals surface area (Å²) in [6.45, 7) is 6.69. The van der Waals surface area contributed by atoms with Gasteiger partial charge in [-0.05, 0) is 72.6 Å². The molecule has 2 aromatic rings. The summed E-state index contributed by atoms with van der Waals surface area (Å²) in [5.74, 6) is 0.723. The number of rotatable bonds is 9.